The Morgan fingerprint density at radius 1 is 1.30 bits per heavy atom. The summed E-state index contributed by atoms with van der Waals surface area (Å²) in [6.45, 7) is 0. The molecule has 5 heteroatoms. The van der Waals surface area contributed by atoms with Crippen LogP contribution in [0, 0.1) is 0 Å². The van der Waals surface area contributed by atoms with Crippen molar-refractivity contribution in [2.24, 2.45) is 5.84 Å². The zero-order valence-electron chi connectivity index (χ0n) is 11.1. The van der Waals surface area contributed by atoms with Crippen LogP contribution in [0.3, 0.4) is 0 Å². The van der Waals surface area contributed by atoms with Crippen LogP contribution in [0.2, 0.25) is 5.02 Å². The number of ether oxygens (including phenoxy) is 1. The Hall–Kier alpha value is -1.07. The number of para-hydroxylation sites is 1. The second-order valence-electron chi connectivity index (χ2n) is 4.40. The maximum atomic E-state index is 6.26. The van der Waals surface area contributed by atoms with E-state index >= 15 is 0 Å². The lowest BCUT2D eigenvalue weighted by Crippen LogP contribution is -2.30. The molecule has 3 N–H and O–H groups in total. The molecule has 0 saturated carbocycles. The summed E-state index contributed by atoms with van der Waals surface area (Å²) >= 11 is 9.72. The molecule has 20 heavy (non-hydrogen) atoms. The summed E-state index contributed by atoms with van der Waals surface area (Å²) in [6, 6.07) is 13.5. The zero-order chi connectivity index (χ0) is 14.5. The number of methoxy groups -OCH3 is 1. The lowest BCUT2D eigenvalue weighted by Gasteiger charge is -2.19. The molecule has 0 saturated heterocycles. The normalized spacial score (nSPS) is 12.2. The van der Waals surface area contributed by atoms with Crippen molar-refractivity contribution in [2.75, 3.05) is 7.11 Å². The second kappa shape index (κ2) is 7.09. The minimum absolute atomic E-state index is 0.0868. The van der Waals surface area contributed by atoms with Gasteiger partial charge in [-0.2, -0.15) is 0 Å². The largest absolute Gasteiger partial charge is 0.496 e. The maximum absolute atomic E-state index is 6.26. The summed E-state index contributed by atoms with van der Waals surface area (Å²) in [4.78, 5) is 0. The number of nitrogens with one attached hydrogen (secondary N) is 1. The molecule has 0 radical (unpaired) electrons. The molecule has 106 valence electrons. The third-order valence-corrected chi connectivity index (χ3v) is 3.99. The number of nitrogens with two attached hydrogens (primary N) is 1. The molecule has 1 atom stereocenters. The maximum Gasteiger partial charge on any atom is 0.122 e. The monoisotopic (exact) mass is 354 g/mol. The van der Waals surface area contributed by atoms with E-state index < -0.39 is 0 Å². The lowest BCUT2D eigenvalue weighted by atomic mass is 9.99. The fourth-order valence-electron chi connectivity index (χ4n) is 2.13. The second-order valence-corrected chi connectivity index (χ2v) is 5.72. The molecule has 1 unspecified atom stereocenters. The molecule has 0 heterocycles. The van der Waals surface area contributed by atoms with Gasteiger partial charge in [0.1, 0.15) is 5.75 Å². The molecular formula is C15H16BrClN2O. The number of hydrazine groups is 1. The Bertz CT molecular complexity index is 592. The fraction of sp³-hybridized carbons (Fsp3) is 0.200. The van der Waals surface area contributed by atoms with Gasteiger partial charge in [-0.25, -0.2) is 0 Å². The van der Waals surface area contributed by atoms with E-state index in [4.69, 9.17) is 22.2 Å². The van der Waals surface area contributed by atoms with Gasteiger partial charge in [0, 0.05) is 9.50 Å². The van der Waals surface area contributed by atoms with Crippen LogP contribution in [0.1, 0.15) is 17.2 Å². The van der Waals surface area contributed by atoms with E-state index in [0.717, 1.165) is 21.3 Å². The Morgan fingerprint density at radius 3 is 2.75 bits per heavy atom. The van der Waals surface area contributed by atoms with E-state index in [2.05, 4.69) is 21.4 Å². The molecule has 2 rings (SSSR count). The van der Waals surface area contributed by atoms with Crippen molar-refractivity contribution in [3.63, 3.8) is 0 Å². The van der Waals surface area contributed by atoms with E-state index in [1.54, 1.807) is 7.11 Å². The quantitative estimate of drug-likeness (QED) is 0.632. The molecule has 0 spiro atoms. The predicted molar refractivity (Wildman–Crippen MR) is 85.9 cm³/mol. The molecule has 0 fully saturated rings. The Morgan fingerprint density at radius 2 is 2.05 bits per heavy atom. The van der Waals surface area contributed by atoms with Crippen LogP contribution < -0.4 is 16.0 Å². The van der Waals surface area contributed by atoms with Gasteiger partial charge in [0.25, 0.3) is 0 Å². The first-order valence-electron chi connectivity index (χ1n) is 6.18. The Kier molecular flexibility index (Phi) is 5.43. The standard InChI is InChI=1S/C15H16BrClN2O/c1-20-15-5-3-2-4-10(15)8-14(19-18)12-9-11(16)6-7-13(12)17/h2-7,9,14,19H,8,18H2,1H3. The fourth-order valence-corrected chi connectivity index (χ4v) is 2.76. The highest BCUT2D eigenvalue weighted by Crippen LogP contribution is 2.30. The van der Waals surface area contributed by atoms with Gasteiger partial charge in [-0.05, 0) is 41.8 Å². The van der Waals surface area contributed by atoms with Crippen LogP contribution in [0.5, 0.6) is 5.75 Å². The molecule has 0 aliphatic rings. The minimum atomic E-state index is -0.0868. The van der Waals surface area contributed by atoms with Gasteiger partial charge < -0.3 is 4.74 Å². The number of hydrogen-bond donors (Lipinski definition) is 2. The van der Waals surface area contributed by atoms with E-state index in [1.165, 1.54) is 0 Å². The van der Waals surface area contributed by atoms with Gasteiger partial charge in [0.05, 0.1) is 13.2 Å². The molecule has 2 aromatic rings. The first kappa shape index (κ1) is 15.3. The topological polar surface area (TPSA) is 47.3 Å². The van der Waals surface area contributed by atoms with Crippen molar-refractivity contribution >= 4 is 27.5 Å². The van der Waals surface area contributed by atoms with Crippen LogP contribution in [-0.2, 0) is 6.42 Å². The average molecular weight is 356 g/mol. The van der Waals surface area contributed by atoms with Crippen molar-refractivity contribution in [3.05, 3.63) is 63.1 Å². The molecule has 0 aliphatic heterocycles. The summed E-state index contributed by atoms with van der Waals surface area (Å²) in [5.41, 5.74) is 4.86. The van der Waals surface area contributed by atoms with Gasteiger partial charge in [-0.3, -0.25) is 11.3 Å². The van der Waals surface area contributed by atoms with E-state index in [9.17, 15) is 0 Å². The summed E-state index contributed by atoms with van der Waals surface area (Å²) in [5.74, 6) is 6.54. The third-order valence-electron chi connectivity index (χ3n) is 3.15. The van der Waals surface area contributed by atoms with Gasteiger partial charge in [-0.1, -0.05) is 45.7 Å². The summed E-state index contributed by atoms with van der Waals surface area (Å²) < 4.78 is 6.34. The smallest absolute Gasteiger partial charge is 0.122 e. The summed E-state index contributed by atoms with van der Waals surface area (Å²) in [5, 5.41) is 0.686. The van der Waals surface area contributed by atoms with Crippen molar-refractivity contribution in [2.45, 2.75) is 12.5 Å². The Balaban J connectivity index is 2.31. The highest BCUT2D eigenvalue weighted by Gasteiger charge is 2.16. The molecule has 3 nitrogen and oxygen atoms in total. The number of rotatable bonds is 5. The Labute approximate surface area is 132 Å². The van der Waals surface area contributed by atoms with Gasteiger partial charge in [0.2, 0.25) is 0 Å². The van der Waals surface area contributed by atoms with Crippen LogP contribution in [0.4, 0.5) is 0 Å². The third kappa shape index (κ3) is 3.52. The first-order valence-corrected chi connectivity index (χ1v) is 7.35. The lowest BCUT2D eigenvalue weighted by molar-refractivity contribution is 0.405. The predicted octanol–water partition coefficient (Wildman–Crippen LogP) is 3.86. The van der Waals surface area contributed by atoms with Crippen molar-refractivity contribution in [3.8, 4) is 5.75 Å². The van der Waals surface area contributed by atoms with Crippen molar-refractivity contribution in [1.29, 1.82) is 0 Å². The molecule has 0 amide bonds. The van der Waals surface area contributed by atoms with Crippen molar-refractivity contribution < 1.29 is 4.74 Å². The number of halogens is 2. The van der Waals surface area contributed by atoms with Crippen LogP contribution in [0.25, 0.3) is 0 Å². The molecule has 0 aliphatic carbocycles. The minimum Gasteiger partial charge on any atom is -0.496 e. The van der Waals surface area contributed by atoms with Gasteiger partial charge in [0.15, 0.2) is 0 Å². The van der Waals surface area contributed by atoms with E-state index in [0.29, 0.717) is 11.4 Å². The molecule has 2 aromatic carbocycles. The number of benzene rings is 2. The van der Waals surface area contributed by atoms with E-state index in [1.807, 2.05) is 42.5 Å². The average Bonchev–Trinajstić information content (AvgIpc) is 2.48. The molecule has 0 bridgehead atoms. The van der Waals surface area contributed by atoms with E-state index in [-0.39, 0.29) is 6.04 Å². The zero-order valence-corrected chi connectivity index (χ0v) is 13.4. The van der Waals surface area contributed by atoms with Crippen LogP contribution in [0.15, 0.2) is 46.9 Å². The van der Waals surface area contributed by atoms with Gasteiger partial charge in [-0.15, -0.1) is 0 Å². The summed E-state index contributed by atoms with van der Waals surface area (Å²) in [7, 11) is 1.66. The summed E-state index contributed by atoms with van der Waals surface area (Å²) in [6.07, 6.45) is 0.691. The van der Waals surface area contributed by atoms with Crippen molar-refractivity contribution in [1.82, 2.24) is 5.43 Å². The van der Waals surface area contributed by atoms with Crippen LogP contribution in [-0.4, -0.2) is 7.11 Å². The van der Waals surface area contributed by atoms with Crippen LogP contribution >= 0.6 is 27.5 Å². The first-order chi connectivity index (χ1) is 9.65. The highest BCUT2D eigenvalue weighted by atomic mass is 79.9. The molecular weight excluding hydrogens is 340 g/mol. The molecule has 0 aromatic heterocycles. The van der Waals surface area contributed by atoms with Gasteiger partial charge >= 0.3 is 0 Å². The number of hydrogen-bond acceptors (Lipinski definition) is 3. The SMILES string of the molecule is COc1ccccc1CC(NN)c1cc(Br)ccc1Cl. The highest BCUT2D eigenvalue weighted by molar-refractivity contribution is 9.10.